The van der Waals surface area contributed by atoms with Crippen LogP contribution in [0, 0.1) is 5.82 Å². The van der Waals surface area contributed by atoms with E-state index in [9.17, 15) is 9.18 Å². The maximum Gasteiger partial charge on any atom is 0.354 e. The molecule has 2 aromatic rings. The van der Waals surface area contributed by atoms with Crippen molar-refractivity contribution in [2.45, 2.75) is 19.5 Å². The van der Waals surface area contributed by atoms with Gasteiger partial charge >= 0.3 is 5.97 Å². The van der Waals surface area contributed by atoms with Crippen LogP contribution in [0.4, 0.5) is 4.39 Å². The molecule has 0 bridgehead atoms. The average molecular weight is 276 g/mol. The molecular formula is C15H17FN2O2. The first-order valence-electron chi connectivity index (χ1n) is 6.35. The van der Waals surface area contributed by atoms with E-state index in [1.807, 2.05) is 19.1 Å². The maximum absolute atomic E-state index is 13.1. The molecule has 4 nitrogen and oxygen atoms in total. The zero-order chi connectivity index (χ0) is 14.5. The molecule has 0 spiro atoms. The van der Waals surface area contributed by atoms with Crippen LogP contribution in [-0.2, 0) is 11.3 Å². The van der Waals surface area contributed by atoms with Gasteiger partial charge in [-0.05, 0) is 36.8 Å². The van der Waals surface area contributed by atoms with Crippen LogP contribution >= 0.6 is 0 Å². The molecule has 0 saturated carbocycles. The standard InChI is InChI=1S/C15H17FN2O2/c1-10(11-4-3-5-12(16)8-11)17-9-13-6-7-14(18-13)15(19)20-2/h3-8,10,17-18H,9H2,1-2H3/t10-/m1/s1. The summed E-state index contributed by atoms with van der Waals surface area (Å²) in [5, 5.41) is 3.26. The number of carbonyl (C=O) groups excluding carboxylic acids is 1. The minimum atomic E-state index is -0.394. The molecule has 0 amide bonds. The van der Waals surface area contributed by atoms with Crippen LogP contribution in [0.1, 0.15) is 34.7 Å². The predicted octanol–water partition coefficient (Wildman–Crippen LogP) is 2.79. The van der Waals surface area contributed by atoms with E-state index in [0.29, 0.717) is 12.2 Å². The highest BCUT2D eigenvalue weighted by Gasteiger charge is 2.09. The zero-order valence-corrected chi connectivity index (χ0v) is 11.4. The van der Waals surface area contributed by atoms with Crippen molar-refractivity contribution in [3.63, 3.8) is 0 Å². The van der Waals surface area contributed by atoms with Crippen molar-refractivity contribution in [3.05, 3.63) is 59.2 Å². The Hall–Kier alpha value is -2.14. The molecule has 0 fully saturated rings. The molecule has 0 aliphatic carbocycles. The molecule has 0 aliphatic heterocycles. The van der Waals surface area contributed by atoms with Crippen molar-refractivity contribution < 1.29 is 13.9 Å². The molecule has 20 heavy (non-hydrogen) atoms. The molecule has 106 valence electrons. The zero-order valence-electron chi connectivity index (χ0n) is 11.4. The minimum Gasteiger partial charge on any atom is -0.464 e. The van der Waals surface area contributed by atoms with Crippen LogP contribution in [0.15, 0.2) is 36.4 Å². The number of ether oxygens (including phenoxy) is 1. The molecule has 1 aromatic heterocycles. The van der Waals surface area contributed by atoms with Gasteiger partial charge in [0, 0.05) is 18.3 Å². The Bertz CT molecular complexity index is 595. The lowest BCUT2D eigenvalue weighted by atomic mass is 10.1. The first-order chi connectivity index (χ1) is 9.60. The van der Waals surface area contributed by atoms with Crippen molar-refractivity contribution in [2.75, 3.05) is 7.11 Å². The Morgan fingerprint density at radius 2 is 2.20 bits per heavy atom. The van der Waals surface area contributed by atoms with Gasteiger partial charge in [-0.3, -0.25) is 0 Å². The molecule has 0 unspecified atom stereocenters. The summed E-state index contributed by atoms with van der Waals surface area (Å²) >= 11 is 0. The summed E-state index contributed by atoms with van der Waals surface area (Å²) in [5.41, 5.74) is 2.17. The van der Waals surface area contributed by atoms with Crippen LogP contribution in [0.3, 0.4) is 0 Å². The summed E-state index contributed by atoms with van der Waals surface area (Å²) in [4.78, 5) is 14.3. The van der Waals surface area contributed by atoms with E-state index < -0.39 is 5.97 Å². The Labute approximate surface area is 117 Å². The highest BCUT2D eigenvalue weighted by atomic mass is 19.1. The van der Waals surface area contributed by atoms with Gasteiger partial charge in [0.15, 0.2) is 0 Å². The third-order valence-corrected chi connectivity index (χ3v) is 3.10. The van der Waals surface area contributed by atoms with E-state index in [4.69, 9.17) is 0 Å². The second-order valence-corrected chi connectivity index (χ2v) is 4.55. The van der Waals surface area contributed by atoms with Gasteiger partial charge in [0.25, 0.3) is 0 Å². The van der Waals surface area contributed by atoms with Crippen molar-refractivity contribution in [1.29, 1.82) is 0 Å². The Morgan fingerprint density at radius 3 is 2.90 bits per heavy atom. The molecular weight excluding hydrogens is 259 g/mol. The van der Waals surface area contributed by atoms with Gasteiger partial charge in [0.05, 0.1) is 7.11 Å². The van der Waals surface area contributed by atoms with E-state index in [0.717, 1.165) is 11.3 Å². The minimum absolute atomic E-state index is 0.00979. The normalized spacial score (nSPS) is 12.2. The summed E-state index contributed by atoms with van der Waals surface area (Å²) in [6.07, 6.45) is 0. The molecule has 1 atom stereocenters. The Kier molecular flexibility index (Phi) is 4.53. The number of esters is 1. The molecule has 0 radical (unpaired) electrons. The number of benzene rings is 1. The molecule has 2 rings (SSSR count). The maximum atomic E-state index is 13.1. The summed E-state index contributed by atoms with van der Waals surface area (Å²) in [5.74, 6) is -0.640. The number of aromatic nitrogens is 1. The highest BCUT2D eigenvalue weighted by molar-refractivity contribution is 5.87. The molecule has 5 heteroatoms. The fourth-order valence-corrected chi connectivity index (χ4v) is 1.93. The molecule has 2 N–H and O–H groups in total. The van der Waals surface area contributed by atoms with Crippen LogP contribution in [0.5, 0.6) is 0 Å². The topological polar surface area (TPSA) is 54.1 Å². The van der Waals surface area contributed by atoms with E-state index in [1.165, 1.54) is 19.2 Å². The smallest absolute Gasteiger partial charge is 0.354 e. The van der Waals surface area contributed by atoms with Gasteiger partial charge in [-0.2, -0.15) is 0 Å². The second-order valence-electron chi connectivity index (χ2n) is 4.55. The third-order valence-electron chi connectivity index (χ3n) is 3.10. The van der Waals surface area contributed by atoms with Crippen LogP contribution in [0.2, 0.25) is 0 Å². The lowest BCUT2D eigenvalue weighted by Gasteiger charge is -2.13. The van der Waals surface area contributed by atoms with Crippen LogP contribution in [0.25, 0.3) is 0 Å². The quantitative estimate of drug-likeness (QED) is 0.826. The monoisotopic (exact) mass is 276 g/mol. The number of halogens is 1. The number of hydrogen-bond acceptors (Lipinski definition) is 3. The van der Waals surface area contributed by atoms with E-state index in [-0.39, 0.29) is 11.9 Å². The van der Waals surface area contributed by atoms with Crippen molar-refractivity contribution >= 4 is 5.97 Å². The Balaban J connectivity index is 1.95. The van der Waals surface area contributed by atoms with Gasteiger partial charge < -0.3 is 15.0 Å². The molecule has 0 saturated heterocycles. The van der Waals surface area contributed by atoms with Gasteiger partial charge in [-0.1, -0.05) is 12.1 Å². The summed E-state index contributed by atoms with van der Waals surface area (Å²) < 4.78 is 17.8. The molecule has 1 aromatic carbocycles. The number of methoxy groups -OCH3 is 1. The summed E-state index contributed by atoms with van der Waals surface area (Å²) in [7, 11) is 1.34. The van der Waals surface area contributed by atoms with Crippen LogP contribution in [-0.4, -0.2) is 18.1 Å². The lowest BCUT2D eigenvalue weighted by Crippen LogP contribution is -2.18. The number of H-pyrrole nitrogens is 1. The van der Waals surface area contributed by atoms with Crippen molar-refractivity contribution in [3.8, 4) is 0 Å². The van der Waals surface area contributed by atoms with E-state index in [2.05, 4.69) is 15.0 Å². The number of aromatic amines is 1. The largest absolute Gasteiger partial charge is 0.464 e. The highest BCUT2D eigenvalue weighted by Crippen LogP contribution is 2.14. The fourth-order valence-electron chi connectivity index (χ4n) is 1.93. The second kappa shape index (κ2) is 6.34. The molecule has 0 aliphatic rings. The summed E-state index contributed by atoms with van der Waals surface area (Å²) in [6.45, 7) is 2.51. The van der Waals surface area contributed by atoms with E-state index in [1.54, 1.807) is 12.1 Å². The van der Waals surface area contributed by atoms with Crippen molar-refractivity contribution in [2.24, 2.45) is 0 Å². The van der Waals surface area contributed by atoms with Crippen LogP contribution < -0.4 is 5.32 Å². The number of carbonyl (C=O) groups is 1. The molecule has 1 heterocycles. The lowest BCUT2D eigenvalue weighted by molar-refractivity contribution is 0.0594. The summed E-state index contributed by atoms with van der Waals surface area (Å²) in [6, 6.07) is 9.99. The first-order valence-corrected chi connectivity index (χ1v) is 6.35. The SMILES string of the molecule is COC(=O)c1ccc(CN[C@H](C)c2cccc(F)c2)[nH]1. The van der Waals surface area contributed by atoms with Crippen molar-refractivity contribution in [1.82, 2.24) is 10.3 Å². The van der Waals surface area contributed by atoms with Gasteiger partial charge in [-0.15, -0.1) is 0 Å². The Morgan fingerprint density at radius 1 is 1.40 bits per heavy atom. The van der Waals surface area contributed by atoms with Gasteiger partial charge in [0.1, 0.15) is 11.5 Å². The number of rotatable bonds is 5. The number of hydrogen-bond donors (Lipinski definition) is 2. The average Bonchev–Trinajstić information content (AvgIpc) is 2.92. The fraction of sp³-hybridized carbons (Fsp3) is 0.267. The predicted molar refractivity (Wildman–Crippen MR) is 73.8 cm³/mol. The number of nitrogens with one attached hydrogen (secondary N) is 2. The first kappa shape index (κ1) is 14.3. The third kappa shape index (κ3) is 3.45. The van der Waals surface area contributed by atoms with Gasteiger partial charge in [-0.25, -0.2) is 9.18 Å². The van der Waals surface area contributed by atoms with Gasteiger partial charge in [0.2, 0.25) is 0 Å². The van der Waals surface area contributed by atoms with E-state index >= 15 is 0 Å².